The summed E-state index contributed by atoms with van der Waals surface area (Å²) in [5, 5.41) is 18.2. The number of halogens is 3. The highest BCUT2D eigenvalue weighted by molar-refractivity contribution is 6.02. The Labute approximate surface area is 663 Å². The molecule has 0 fully saturated rings. The van der Waals surface area contributed by atoms with Crippen LogP contribution in [0.4, 0.5) is 17.1 Å². The number of carboxylic acids is 1. The van der Waals surface area contributed by atoms with Gasteiger partial charge in [-0.1, -0.05) is 62.0 Å². The van der Waals surface area contributed by atoms with Crippen molar-refractivity contribution in [3.63, 3.8) is 0 Å². The summed E-state index contributed by atoms with van der Waals surface area (Å²) in [4.78, 5) is 42.7. The van der Waals surface area contributed by atoms with Crippen LogP contribution in [-0.2, 0) is 38.8 Å². The van der Waals surface area contributed by atoms with Gasteiger partial charge in [-0.3, -0.25) is 14.4 Å². The van der Waals surface area contributed by atoms with E-state index in [2.05, 4.69) is 167 Å². The Morgan fingerprint density at radius 2 is 0.733 bits per heavy atom. The largest absolute Gasteiger partial charge is 1.00 e. The normalized spacial score (nSPS) is 17.1. The first-order valence-electron chi connectivity index (χ1n) is 36.3. The maximum Gasteiger partial charge on any atom is 0.303 e. The Morgan fingerprint density at radius 1 is 0.410 bits per heavy atom. The lowest BCUT2D eigenvalue weighted by molar-refractivity contribution is -0.672. The van der Waals surface area contributed by atoms with Crippen molar-refractivity contribution >= 4 is 84.3 Å². The maximum absolute atomic E-state index is 12.6. The zero-order valence-electron chi connectivity index (χ0n) is 57.8. The molecule has 0 bridgehead atoms. The number of benzene rings is 6. The van der Waals surface area contributed by atoms with E-state index < -0.39 is 5.97 Å². The van der Waals surface area contributed by atoms with E-state index in [4.69, 9.17) is 38.3 Å². The SMILES string of the molecule is C.O=C(CCCCC[n+]1ccc2c3c(cccc31)OC1CCN3C(=C21)Oc1ccccc13)NCCOCCNC(=O)CCCCC[n+]1ccc2c3c(cccc31)OC1CCN3C(=C21)Oc1ccccc13.O=C(O)CCCCC[n+]1ccc2c3c(cccc31)OC1CCN3C(=C21)Oc1ccccc13.[I-].[I-].[I-]. The van der Waals surface area contributed by atoms with Gasteiger partial charge in [0, 0.05) is 144 Å². The average Bonchev–Trinajstić information content (AvgIpc) is 1.71. The number of rotatable bonds is 24. The number of para-hydroxylation sites is 6. The number of aliphatic carboxylic acids is 1. The number of carbonyl (C=O) groups is 3. The molecule has 9 aromatic rings. The number of pyridine rings is 3. The number of carboxylic acid groups (broad SMARTS) is 1. The summed E-state index contributed by atoms with van der Waals surface area (Å²) in [5.74, 6) is 7.49. The van der Waals surface area contributed by atoms with Gasteiger partial charge in [0.15, 0.2) is 35.8 Å². The smallest absolute Gasteiger partial charge is 0.303 e. The molecule has 3 N–H and O–H groups in total. The number of fused-ring (bicyclic) bond motifs is 15. The molecule has 0 spiro atoms. The van der Waals surface area contributed by atoms with Crippen LogP contribution in [0.15, 0.2) is 182 Å². The van der Waals surface area contributed by atoms with Crippen molar-refractivity contribution in [1.29, 1.82) is 0 Å². The molecule has 0 saturated carbocycles. The van der Waals surface area contributed by atoms with Crippen molar-refractivity contribution in [2.24, 2.45) is 0 Å². The zero-order valence-corrected chi connectivity index (χ0v) is 64.3. The van der Waals surface area contributed by atoms with Crippen LogP contribution in [0.5, 0.6) is 34.5 Å². The number of nitrogens with one attached hydrogen (secondary N) is 2. The highest BCUT2D eigenvalue weighted by Gasteiger charge is 2.45. The first-order valence-corrected chi connectivity index (χ1v) is 36.3. The van der Waals surface area contributed by atoms with Crippen molar-refractivity contribution in [2.45, 2.75) is 142 Å². The van der Waals surface area contributed by atoms with Crippen molar-refractivity contribution in [2.75, 3.05) is 60.6 Å². The van der Waals surface area contributed by atoms with E-state index in [0.717, 1.165) is 229 Å². The quantitative estimate of drug-likeness (QED) is 0.0444. The summed E-state index contributed by atoms with van der Waals surface area (Å²) in [6.45, 7) is 6.85. The molecule has 9 aliphatic heterocycles. The fourth-order valence-electron chi connectivity index (χ4n) is 16.3. The summed E-state index contributed by atoms with van der Waals surface area (Å²) in [6, 6.07) is 50.2. The maximum atomic E-state index is 12.6. The van der Waals surface area contributed by atoms with Crippen LogP contribution in [-0.4, -0.2) is 87.1 Å². The third kappa shape index (κ3) is 14.7. The van der Waals surface area contributed by atoms with Crippen LogP contribution in [0, 0.1) is 0 Å². The molecule has 6 aromatic carbocycles. The predicted molar refractivity (Wildman–Crippen MR) is 390 cm³/mol. The molecule has 3 aromatic heterocycles. The number of anilines is 3. The number of hydrogen-bond donors (Lipinski definition) is 3. The molecule has 105 heavy (non-hydrogen) atoms. The molecule has 3 unspecified atom stereocenters. The van der Waals surface area contributed by atoms with Gasteiger partial charge in [-0.2, -0.15) is 13.7 Å². The van der Waals surface area contributed by atoms with Gasteiger partial charge in [0.2, 0.25) is 46.0 Å². The molecule has 3 atom stereocenters. The van der Waals surface area contributed by atoms with Crippen LogP contribution < -0.4 is 139 Å². The molecule has 0 saturated heterocycles. The summed E-state index contributed by atoms with van der Waals surface area (Å²) in [5.41, 5.74) is 13.7. The standard InChI is InChI=1S/C56H56N6O7.C26H24N2O4.CH4.3HI/c63-49(21-3-1-9-29-59-31-23-37-51-41(59)15-11-19-45(51)66-47-25-33-61-39-13-5-7-17-43(39)68-55(61)53(37)47)57-27-35-65-36-28-58-50(64)22-4-2-10-30-60-32-24-38-52-42(60)16-12-20-46(52)67-48-26-34-62-40-14-6-8-18-44(40)69-56(62)54(38)48;29-23(30)11-2-1-5-14-27-15-12-17-24-19(27)8-6-10-21(24)31-22-13-16-28-18-7-3-4-9-20(18)32-26(28)25(17)22;;;;/h5-8,11-20,23-24,31-32,47-48H,1-4,9-10,21-22,25-30,33-36H2;3-4,6-10,12,15,22H,1-2,5,11,13-14,16H2;1H4;3*1H. The van der Waals surface area contributed by atoms with Gasteiger partial charge in [0.25, 0.3) is 0 Å². The van der Waals surface area contributed by atoms with Gasteiger partial charge in [-0.25, -0.2) is 0 Å². The molecule has 546 valence electrons. The Hall–Kier alpha value is -8.47. The second-order valence-electron chi connectivity index (χ2n) is 27.4. The highest BCUT2D eigenvalue weighted by atomic mass is 127. The van der Waals surface area contributed by atoms with E-state index >= 15 is 0 Å². The van der Waals surface area contributed by atoms with Crippen molar-refractivity contribution < 1.29 is 138 Å². The third-order valence-electron chi connectivity index (χ3n) is 21.0. The van der Waals surface area contributed by atoms with Crippen molar-refractivity contribution in [1.82, 2.24) is 10.6 Å². The van der Waals surface area contributed by atoms with E-state index in [1.54, 1.807) is 0 Å². The molecule has 2 amide bonds. The Bertz CT molecular complexity index is 4690. The fourth-order valence-corrected chi connectivity index (χ4v) is 16.3. The Morgan fingerprint density at radius 3 is 1.08 bits per heavy atom. The number of aromatic nitrogens is 3. The minimum absolute atomic E-state index is 0. The van der Waals surface area contributed by atoms with Crippen LogP contribution in [0.1, 0.15) is 120 Å². The van der Waals surface area contributed by atoms with Crippen LogP contribution in [0.2, 0.25) is 0 Å². The molecule has 18 rings (SSSR count). The summed E-state index contributed by atoms with van der Waals surface area (Å²) in [7, 11) is 0. The lowest BCUT2D eigenvalue weighted by Crippen LogP contribution is -3.00. The molecular formula is C83H87I3N8O11. The molecule has 0 aliphatic carbocycles. The van der Waals surface area contributed by atoms with Gasteiger partial charge in [0.1, 0.15) is 55.2 Å². The predicted octanol–water partition coefficient (Wildman–Crippen LogP) is 4.26. The second kappa shape index (κ2) is 33.1. The van der Waals surface area contributed by atoms with Crippen molar-refractivity contribution in [3.05, 3.63) is 199 Å². The number of nitrogens with zero attached hydrogens (tertiary/aromatic N) is 6. The first kappa shape index (κ1) is 74.8. The van der Waals surface area contributed by atoms with Gasteiger partial charge < -0.3 is 136 Å². The van der Waals surface area contributed by atoms with Gasteiger partial charge in [0.05, 0.1) is 63.2 Å². The van der Waals surface area contributed by atoms with E-state index in [9.17, 15) is 14.4 Å². The monoisotopic (exact) mass is 1750 g/mol. The Kier molecular flexibility index (Phi) is 23.6. The molecular weight excluding hydrogens is 1670 g/mol. The number of amides is 2. The van der Waals surface area contributed by atoms with E-state index in [0.29, 0.717) is 45.6 Å². The number of aryl methyl sites for hydroxylation is 3. The second-order valence-corrected chi connectivity index (χ2v) is 27.4. The van der Waals surface area contributed by atoms with Crippen LogP contribution >= 0.6 is 0 Å². The fraction of sp³-hybridized carbons (Fsp3) is 0.349. The molecule has 9 aliphatic rings. The lowest BCUT2D eigenvalue weighted by atomic mass is 9.90. The van der Waals surface area contributed by atoms with E-state index in [-0.39, 0.29) is 116 Å². The van der Waals surface area contributed by atoms with E-state index in [1.165, 1.54) is 16.7 Å². The Balaban J connectivity index is 0.000000228. The number of carbonyl (C=O) groups excluding carboxylic acids is 2. The zero-order chi connectivity index (χ0) is 67.9. The molecule has 22 heteroatoms. The number of unbranched alkanes of at least 4 members (excludes halogenated alkanes) is 6. The van der Waals surface area contributed by atoms with Crippen LogP contribution in [0.3, 0.4) is 0 Å². The topological polar surface area (TPSA) is 181 Å². The summed E-state index contributed by atoms with van der Waals surface area (Å²) < 4.78 is 51.5. The highest BCUT2D eigenvalue weighted by Crippen LogP contribution is 2.53. The van der Waals surface area contributed by atoms with Gasteiger partial charge >= 0.3 is 5.97 Å². The molecule has 0 radical (unpaired) electrons. The van der Waals surface area contributed by atoms with Crippen LogP contribution in [0.25, 0.3) is 49.4 Å². The van der Waals surface area contributed by atoms with Gasteiger partial charge in [-0.05, 0) is 93.1 Å². The minimum Gasteiger partial charge on any atom is -1.00 e. The lowest BCUT2D eigenvalue weighted by Gasteiger charge is -2.35. The van der Waals surface area contributed by atoms with Crippen molar-refractivity contribution in [3.8, 4) is 34.5 Å². The summed E-state index contributed by atoms with van der Waals surface area (Å²) in [6.07, 6.45) is 18.3. The van der Waals surface area contributed by atoms with Gasteiger partial charge in [-0.15, -0.1) is 0 Å². The summed E-state index contributed by atoms with van der Waals surface area (Å²) >= 11 is 0. The molecule has 12 heterocycles. The van der Waals surface area contributed by atoms with E-state index in [1.807, 2.05) is 36.4 Å². The number of hydrogen-bond acceptors (Lipinski definition) is 13. The minimum atomic E-state index is -0.724. The molecule has 19 nitrogen and oxygen atoms in total. The first-order chi connectivity index (χ1) is 49.8. The third-order valence-corrected chi connectivity index (χ3v) is 21.0. The number of ether oxygens (including phenoxy) is 7. The average molecular weight is 1750 g/mol.